The molecule has 2 aromatic carbocycles. The molecule has 1 saturated heterocycles. The number of amides is 1. The zero-order chi connectivity index (χ0) is 22.3. The van der Waals surface area contributed by atoms with Crippen molar-refractivity contribution in [2.24, 2.45) is 0 Å². The van der Waals surface area contributed by atoms with E-state index in [1.54, 1.807) is 17.0 Å². The number of hydrogen-bond acceptors (Lipinski definition) is 5. The number of para-hydroxylation sites is 1. The third-order valence-corrected chi connectivity index (χ3v) is 6.52. The lowest BCUT2D eigenvalue weighted by Crippen LogP contribution is -2.32. The Bertz CT molecular complexity index is 1020. The van der Waals surface area contributed by atoms with Crippen LogP contribution < -0.4 is 4.90 Å². The van der Waals surface area contributed by atoms with E-state index in [2.05, 4.69) is 15.1 Å². The van der Waals surface area contributed by atoms with Crippen molar-refractivity contribution in [2.45, 2.75) is 37.9 Å². The van der Waals surface area contributed by atoms with Crippen LogP contribution in [0.2, 0.25) is 0 Å². The predicted molar refractivity (Wildman–Crippen MR) is 126 cm³/mol. The highest BCUT2D eigenvalue weighted by molar-refractivity contribution is 7.99. The van der Waals surface area contributed by atoms with Gasteiger partial charge in [0.15, 0.2) is 11.0 Å². The fourth-order valence-electron chi connectivity index (χ4n) is 3.98. The Morgan fingerprint density at radius 2 is 1.75 bits per heavy atom. The van der Waals surface area contributed by atoms with Gasteiger partial charge in [-0.05, 0) is 69.3 Å². The molecule has 0 bridgehead atoms. The summed E-state index contributed by atoms with van der Waals surface area (Å²) in [5.41, 5.74) is 1.68. The maximum Gasteiger partial charge on any atom is 0.237 e. The zero-order valence-electron chi connectivity index (χ0n) is 18.3. The fraction of sp³-hybridized carbons (Fsp3) is 0.375. The molecule has 0 atom stereocenters. The second-order valence-corrected chi connectivity index (χ2v) is 8.75. The molecule has 0 aliphatic carbocycles. The van der Waals surface area contributed by atoms with Crippen LogP contribution in [-0.4, -0.2) is 51.0 Å². The van der Waals surface area contributed by atoms with Crippen LogP contribution in [0.1, 0.15) is 32.0 Å². The quantitative estimate of drug-likeness (QED) is 0.469. The molecule has 0 radical (unpaired) electrons. The minimum absolute atomic E-state index is 0.00920. The highest BCUT2D eigenvalue weighted by atomic mass is 32.2. The number of thioether (sulfide) groups is 1. The lowest BCUT2D eigenvalue weighted by molar-refractivity contribution is -0.116. The van der Waals surface area contributed by atoms with Gasteiger partial charge in [0.05, 0.1) is 12.3 Å². The number of piperidine rings is 1. The van der Waals surface area contributed by atoms with Crippen LogP contribution in [0.3, 0.4) is 0 Å². The van der Waals surface area contributed by atoms with Gasteiger partial charge in [-0.3, -0.25) is 14.3 Å². The Balaban J connectivity index is 1.54. The summed E-state index contributed by atoms with van der Waals surface area (Å²) in [4.78, 5) is 17.1. The summed E-state index contributed by atoms with van der Waals surface area (Å²) >= 11 is 1.36. The molecule has 1 aliphatic rings. The molecular formula is C24H28FN5OS. The first-order valence-electron chi connectivity index (χ1n) is 11.1. The number of rotatable bonds is 8. The summed E-state index contributed by atoms with van der Waals surface area (Å²) < 4.78 is 15.5. The molecule has 0 saturated carbocycles. The third-order valence-electron chi connectivity index (χ3n) is 5.61. The summed E-state index contributed by atoms with van der Waals surface area (Å²) in [7, 11) is 0. The van der Waals surface area contributed by atoms with Gasteiger partial charge in [0.25, 0.3) is 0 Å². The SMILES string of the molecule is CCN(C(=O)CSc1nnc(CN2CCCCC2)n1-c1ccc(F)cc1)c1ccccc1. The van der Waals surface area contributed by atoms with Gasteiger partial charge >= 0.3 is 0 Å². The highest BCUT2D eigenvalue weighted by Gasteiger charge is 2.21. The lowest BCUT2D eigenvalue weighted by atomic mass is 10.1. The number of halogens is 1. The summed E-state index contributed by atoms with van der Waals surface area (Å²) in [6.07, 6.45) is 3.64. The van der Waals surface area contributed by atoms with Crippen LogP contribution in [0.4, 0.5) is 10.1 Å². The Morgan fingerprint density at radius 1 is 1.03 bits per heavy atom. The van der Waals surface area contributed by atoms with Crippen molar-refractivity contribution >= 4 is 23.4 Å². The summed E-state index contributed by atoms with van der Waals surface area (Å²) in [5, 5.41) is 9.48. The van der Waals surface area contributed by atoms with Crippen molar-refractivity contribution in [2.75, 3.05) is 30.3 Å². The monoisotopic (exact) mass is 453 g/mol. The van der Waals surface area contributed by atoms with E-state index in [1.807, 2.05) is 41.8 Å². The van der Waals surface area contributed by atoms with Gasteiger partial charge in [-0.25, -0.2) is 4.39 Å². The number of carbonyl (C=O) groups excluding carboxylic acids is 1. The lowest BCUT2D eigenvalue weighted by Gasteiger charge is -2.26. The summed E-state index contributed by atoms with van der Waals surface area (Å²) in [5.74, 6) is 0.773. The Morgan fingerprint density at radius 3 is 2.44 bits per heavy atom. The first-order valence-corrected chi connectivity index (χ1v) is 12.0. The molecule has 6 nitrogen and oxygen atoms in total. The zero-order valence-corrected chi connectivity index (χ0v) is 19.1. The van der Waals surface area contributed by atoms with Gasteiger partial charge in [0, 0.05) is 17.9 Å². The molecule has 0 N–H and O–H groups in total. The van der Waals surface area contributed by atoms with Gasteiger partial charge in [0.1, 0.15) is 5.82 Å². The van der Waals surface area contributed by atoms with Crippen LogP contribution in [-0.2, 0) is 11.3 Å². The van der Waals surface area contributed by atoms with Gasteiger partial charge in [0.2, 0.25) is 5.91 Å². The molecule has 3 aromatic rings. The first-order chi connectivity index (χ1) is 15.7. The number of hydrogen-bond donors (Lipinski definition) is 0. The number of aromatic nitrogens is 3. The van der Waals surface area contributed by atoms with Gasteiger partial charge in [-0.2, -0.15) is 0 Å². The smallest absolute Gasteiger partial charge is 0.237 e. The Hall–Kier alpha value is -2.71. The maximum atomic E-state index is 13.5. The minimum atomic E-state index is -0.287. The number of likely N-dealkylation sites (tertiary alicyclic amines) is 1. The van der Waals surface area contributed by atoms with Crippen LogP contribution in [0.15, 0.2) is 59.8 Å². The molecule has 0 unspecified atom stereocenters. The van der Waals surface area contributed by atoms with E-state index in [4.69, 9.17) is 0 Å². The predicted octanol–water partition coefficient (Wildman–Crippen LogP) is 4.54. The van der Waals surface area contributed by atoms with Crippen molar-refractivity contribution in [3.05, 3.63) is 66.2 Å². The Kier molecular flexibility index (Phi) is 7.55. The minimum Gasteiger partial charge on any atom is -0.312 e. The van der Waals surface area contributed by atoms with E-state index in [0.29, 0.717) is 18.2 Å². The molecular weight excluding hydrogens is 425 g/mol. The van der Waals surface area contributed by atoms with Crippen molar-refractivity contribution < 1.29 is 9.18 Å². The molecule has 8 heteroatoms. The molecule has 1 aliphatic heterocycles. The molecule has 4 rings (SSSR count). The van der Waals surface area contributed by atoms with E-state index in [0.717, 1.165) is 30.3 Å². The normalized spacial score (nSPS) is 14.4. The van der Waals surface area contributed by atoms with Crippen LogP contribution in [0.25, 0.3) is 5.69 Å². The van der Waals surface area contributed by atoms with E-state index in [-0.39, 0.29) is 17.5 Å². The number of carbonyl (C=O) groups is 1. The molecule has 32 heavy (non-hydrogen) atoms. The van der Waals surface area contributed by atoms with Crippen molar-refractivity contribution in [3.8, 4) is 5.69 Å². The van der Waals surface area contributed by atoms with E-state index in [9.17, 15) is 9.18 Å². The molecule has 168 valence electrons. The molecule has 1 amide bonds. The van der Waals surface area contributed by atoms with Crippen LogP contribution >= 0.6 is 11.8 Å². The van der Waals surface area contributed by atoms with Crippen molar-refractivity contribution in [3.63, 3.8) is 0 Å². The van der Waals surface area contributed by atoms with Gasteiger partial charge in [-0.15, -0.1) is 10.2 Å². The Labute approximate surface area is 192 Å². The van der Waals surface area contributed by atoms with E-state index >= 15 is 0 Å². The van der Waals surface area contributed by atoms with Gasteiger partial charge in [-0.1, -0.05) is 36.4 Å². The van der Waals surface area contributed by atoms with Crippen molar-refractivity contribution in [1.82, 2.24) is 19.7 Å². The third kappa shape index (κ3) is 5.37. The molecule has 1 fully saturated rings. The second-order valence-electron chi connectivity index (χ2n) is 7.81. The van der Waals surface area contributed by atoms with Crippen LogP contribution in [0.5, 0.6) is 0 Å². The highest BCUT2D eigenvalue weighted by Crippen LogP contribution is 2.25. The fourth-order valence-corrected chi connectivity index (χ4v) is 4.83. The molecule has 1 aromatic heterocycles. The average molecular weight is 454 g/mol. The number of anilines is 1. The molecule has 0 spiro atoms. The average Bonchev–Trinajstić information content (AvgIpc) is 3.22. The standard InChI is InChI=1S/C24H28FN5OS/c1-2-29(20-9-5-3-6-10-20)23(31)18-32-24-27-26-22(17-28-15-7-4-8-16-28)30(24)21-13-11-19(25)12-14-21/h3,5-6,9-14H,2,4,7-8,15-18H2,1H3. The maximum absolute atomic E-state index is 13.5. The summed E-state index contributed by atoms with van der Waals surface area (Å²) in [6.45, 7) is 5.32. The summed E-state index contributed by atoms with van der Waals surface area (Å²) in [6, 6.07) is 16.0. The second kappa shape index (κ2) is 10.7. The van der Waals surface area contributed by atoms with E-state index in [1.165, 1.54) is 43.2 Å². The molecule has 2 heterocycles. The van der Waals surface area contributed by atoms with Gasteiger partial charge < -0.3 is 4.90 Å². The van der Waals surface area contributed by atoms with Crippen molar-refractivity contribution in [1.29, 1.82) is 0 Å². The van der Waals surface area contributed by atoms with Crippen LogP contribution in [0, 0.1) is 5.82 Å². The topological polar surface area (TPSA) is 54.3 Å². The largest absolute Gasteiger partial charge is 0.312 e. The first kappa shape index (κ1) is 22.5. The van der Waals surface area contributed by atoms with E-state index < -0.39 is 0 Å². The number of benzene rings is 2. The number of nitrogens with zero attached hydrogens (tertiary/aromatic N) is 5.